The Morgan fingerprint density at radius 2 is 0.860 bits per heavy atom. The van der Waals surface area contributed by atoms with E-state index in [1.54, 1.807) is 113 Å². The lowest BCUT2D eigenvalue weighted by Crippen LogP contribution is -2.12. The van der Waals surface area contributed by atoms with Gasteiger partial charge in [0, 0.05) is 41.9 Å². The highest BCUT2D eigenvalue weighted by Crippen LogP contribution is 2.41. The second-order valence-corrected chi connectivity index (χ2v) is 31.7. The molecule has 40 nitrogen and oxygen atoms in total. The van der Waals surface area contributed by atoms with E-state index in [-0.39, 0.29) is 69.3 Å². The largest absolute Gasteiger partial charge is 0.508 e. The molecule has 0 fully saturated rings. The highest BCUT2D eigenvalue weighted by Gasteiger charge is 2.23. The van der Waals surface area contributed by atoms with Crippen LogP contribution in [0.1, 0.15) is 18.6 Å². The molecule has 16 rings (SSSR count). The van der Waals surface area contributed by atoms with Crippen LogP contribution in [0.2, 0.25) is 0 Å². The van der Waals surface area contributed by atoms with E-state index in [9.17, 15) is 35.5 Å². The van der Waals surface area contributed by atoms with Gasteiger partial charge >= 0.3 is 0 Å². The average molecular weight is 1660 g/mol. The summed E-state index contributed by atoms with van der Waals surface area (Å²) >= 11 is 4.00. The number of sulfonamides is 3. The highest BCUT2D eigenvalue weighted by molar-refractivity contribution is 7.89. The Kier molecular flexibility index (Phi) is 22.7. The first kappa shape index (κ1) is 79.9. The van der Waals surface area contributed by atoms with Gasteiger partial charge in [-0.2, -0.15) is 38.7 Å². The van der Waals surface area contributed by atoms with Crippen molar-refractivity contribution in [2.75, 3.05) is 72.6 Å². The molecule has 114 heavy (non-hydrogen) atoms. The minimum Gasteiger partial charge on any atom is -0.508 e. The molecule has 46 heteroatoms. The van der Waals surface area contributed by atoms with Gasteiger partial charge in [0.25, 0.3) is 0 Å². The fourth-order valence-electron chi connectivity index (χ4n) is 10.7. The summed E-state index contributed by atoms with van der Waals surface area (Å²) in [5.74, 6) is 4.66. The molecule has 0 radical (unpaired) electrons. The van der Waals surface area contributed by atoms with Gasteiger partial charge in [0.05, 0.1) is 84.8 Å². The fraction of sp³-hybridized carbons (Fsp3) is 0.118. The van der Waals surface area contributed by atoms with Crippen molar-refractivity contribution in [1.29, 1.82) is 0 Å². The number of fused-ring (bicyclic) bond motifs is 4. The maximum absolute atomic E-state index is 11.5. The van der Waals surface area contributed by atoms with Gasteiger partial charge in [0.2, 0.25) is 105 Å². The van der Waals surface area contributed by atoms with Crippen LogP contribution < -0.4 is 78.6 Å². The van der Waals surface area contributed by atoms with Crippen LogP contribution in [0.3, 0.4) is 0 Å². The van der Waals surface area contributed by atoms with Crippen molar-refractivity contribution < 1.29 is 54.4 Å². The summed E-state index contributed by atoms with van der Waals surface area (Å²) in [5, 5.41) is 65.3. The van der Waals surface area contributed by atoms with Crippen LogP contribution in [0.15, 0.2) is 166 Å². The van der Waals surface area contributed by atoms with Crippen molar-refractivity contribution in [3.8, 4) is 55.8 Å². The number of benzene rings is 8. The minimum atomic E-state index is -3.82. The van der Waals surface area contributed by atoms with Crippen LogP contribution in [0.5, 0.6) is 34.5 Å². The van der Waals surface area contributed by atoms with Crippen LogP contribution in [-0.4, -0.2) is 147 Å². The maximum atomic E-state index is 11.5. The van der Waals surface area contributed by atoms with Gasteiger partial charge in [0.15, 0.2) is 11.5 Å². The van der Waals surface area contributed by atoms with Crippen molar-refractivity contribution in [2.24, 2.45) is 22.5 Å². The summed E-state index contributed by atoms with van der Waals surface area (Å²) in [6, 6.07) is 40.6. The van der Waals surface area contributed by atoms with Crippen LogP contribution in [0.4, 0.5) is 70.3 Å². The third kappa shape index (κ3) is 17.7. The summed E-state index contributed by atoms with van der Waals surface area (Å²) in [4.78, 5) is 34.8. The van der Waals surface area contributed by atoms with Crippen molar-refractivity contribution in [1.82, 2.24) is 83.6 Å². The summed E-state index contributed by atoms with van der Waals surface area (Å²) in [5.41, 5.74) is 32.5. The van der Waals surface area contributed by atoms with Gasteiger partial charge < -0.3 is 77.9 Å². The molecule has 20 N–H and O–H groups in total. The molecular weight excluding hydrogens is 1590 g/mol. The Morgan fingerprint density at radius 1 is 0.412 bits per heavy atom. The first-order valence-corrected chi connectivity index (χ1v) is 39.6. The Morgan fingerprint density at radius 3 is 1.35 bits per heavy atom. The number of aromatic hydroxyl groups is 2. The Labute approximate surface area is 659 Å². The number of phenolic OH excluding ortho intramolecular Hbond substituents is 2. The predicted molar refractivity (Wildman–Crippen MR) is 436 cm³/mol. The highest BCUT2D eigenvalue weighted by atomic mass is 32.2. The van der Waals surface area contributed by atoms with Gasteiger partial charge in [-0.15, -0.1) is 20.4 Å². The lowest BCUT2D eigenvalue weighted by atomic mass is 10.1. The third-order valence-corrected chi connectivity index (χ3v) is 22.0. The Balaban J connectivity index is 0.000000140. The third-order valence-electron chi connectivity index (χ3n) is 16.2. The number of aromatic nitrogens is 17. The molecule has 8 aromatic carbocycles. The summed E-state index contributed by atoms with van der Waals surface area (Å²) in [6.45, 7) is 4.14. The van der Waals surface area contributed by atoms with Crippen LogP contribution in [0.25, 0.3) is 63.0 Å². The number of nitrogens with two attached hydrogens (primary N) is 7. The predicted octanol–water partition coefficient (Wildman–Crippen LogP) is 8.73. The van der Waals surface area contributed by atoms with Crippen molar-refractivity contribution in [3.05, 3.63) is 163 Å². The van der Waals surface area contributed by atoms with Gasteiger partial charge in [-0.1, -0.05) is 47.5 Å². The summed E-state index contributed by atoms with van der Waals surface area (Å²) < 4.78 is 99.8. The normalized spacial score (nSPS) is 11.4. The number of hydrogen-bond donors (Lipinski definition) is 13. The number of thiazole rings is 3. The molecule has 0 saturated heterocycles. The SMILES string of the molecule is C.COc1cc(Nc2nc(N)n(-c3nc4cc(C)c(C)cc4n3C)n2)cc(OC)c1OC.COc1ccc2nc(-n3nc(Nc4ccc(S(N)(=O)=O)cc4)nc3N)sc2c1.Nc1nc(Nc2ccc(S(N)(=O)=O)cc2)n(-c2nc3ccc(O)cc3s2)n1.Nc1nc(Nc2cccc(S(N)(=O)=O)c2)nn1-c1nc2ccc(O)cc2s1. The molecule has 0 aliphatic rings. The summed E-state index contributed by atoms with van der Waals surface area (Å²) in [7, 11) is -3.14. The fourth-order valence-corrected chi connectivity index (χ4v) is 15.2. The van der Waals surface area contributed by atoms with E-state index in [0.717, 1.165) is 36.4 Å². The standard InChI is InChI=1S/C21H25N7O3.C16H15N7O3S2.2C15H13N7O3S2.CH4/c1-11-7-14-15(8-12(11)2)27(3)21(24-14)28-19(22)25-20(26-28)23-13-9-16(29-4)18(31-6)17(10-13)30-5;1-26-10-4-7-12-13(8-10)27-16(20-12)23-14(17)21-15(22-23)19-9-2-5-11(6-3-9)28(18,24)25;16-13-20-14(18-8-1-4-10(5-2-8)27(17,24)25)22(21-13)15-19-11-6-3-9(23)7-12(11)26-15;16-13-20-14(18-8-2-1-3-10(6-8)27(17,24)25)21-22(13)15-19-11-5-4-9(23)7-12(11)26-15;/h7-10H,1-6H3,(H3,22,23,25,26);2-8H,1H3,(H2,18,24,25)(H3,17,19,21,22);2*1-7,23H,(H2,17,24,25)(H3,16,18,20,21);1H4. The number of primary sulfonamides is 3. The molecule has 8 heterocycles. The molecule has 0 spiro atoms. The average Bonchev–Trinajstić information content (AvgIpc) is 1.47. The van der Waals surface area contributed by atoms with E-state index in [1.807, 2.05) is 29.8 Å². The zero-order valence-corrected chi connectivity index (χ0v) is 64.9. The van der Waals surface area contributed by atoms with E-state index in [0.29, 0.717) is 84.3 Å². The number of methoxy groups -OCH3 is 4. The number of ether oxygens (including phenoxy) is 4. The van der Waals surface area contributed by atoms with Crippen molar-refractivity contribution in [3.63, 3.8) is 0 Å². The summed E-state index contributed by atoms with van der Waals surface area (Å²) in [6.07, 6.45) is 0. The number of rotatable bonds is 19. The maximum Gasteiger partial charge on any atom is 0.248 e. The first-order chi connectivity index (χ1) is 53.8. The number of phenols is 2. The lowest BCUT2D eigenvalue weighted by Gasteiger charge is -2.14. The molecule has 0 aliphatic heterocycles. The number of nitrogens with one attached hydrogen (secondary N) is 4. The molecule has 0 unspecified atom stereocenters. The van der Waals surface area contributed by atoms with E-state index >= 15 is 0 Å². The van der Waals surface area contributed by atoms with Gasteiger partial charge in [0.1, 0.15) is 17.2 Å². The van der Waals surface area contributed by atoms with E-state index < -0.39 is 30.1 Å². The second kappa shape index (κ2) is 32.4. The molecule has 16 aromatic rings. The zero-order valence-electron chi connectivity index (χ0n) is 60.0. The van der Waals surface area contributed by atoms with Crippen LogP contribution in [-0.2, 0) is 37.1 Å². The second-order valence-electron chi connectivity index (χ2n) is 24.0. The monoisotopic (exact) mass is 1660 g/mol. The molecule has 0 bridgehead atoms. The lowest BCUT2D eigenvalue weighted by molar-refractivity contribution is 0.324. The number of nitrogen functional groups attached to an aromatic ring is 4. The molecule has 0 atom stereocenters. The van der Waals surface area contributed by atoms with E-state index in [2.05, 4.69) is 103 Å². The van der Waals surface area contributed by atoms with Crippen molar-refractivity contribution >= 4 is 176 Å². The van der Waals surface area contributed by atoms with Crippen molar-refractivity contribution in [2.45, 2.75) is 36.0 Å². The number of anilines is 12. The minimum absolute atomic E-state index is 0. The number of aryl methyl sites for hydroxylation is 3. The molecular formula is C68H70N28O12S6. The number of nitrogens with zero attached hydrogens (tertiary/aromatic N) is 17. The molecule has 590 valence electrons. The number of hydrogen-bond acceptors (Lipinski definition) is 35. The van der Waals surface area contributed by atoms with Crippen LogP contribution in [0, 0.1) is 13.8 Å². The van der Waals surface area contributed by atoms with E-state index in [1.165, 1.54) is 100 Å². The quantitative estimate of drug-likeness (QED) is 0.0360. The smallest absolute Gasteiger partial charge is 0.248 e. The zero-order chi connectivity index (χ0) is 80.5. The topological polar surface area (TPSA) is 589 Å². The molecule has 0 amide bonds. The van der Waals surface area contributed by atoms with Gasteiger partial charge in [-0.3, -0.25) is 0 Å². The van der Waals surface area contributed by atoms with E-state index in [4.69, 9.17) is 62.3 Å². The molecule has 0 aliphatic carbocycles. The Bertz CT molecular complexity index is 6610. The van der Waals surface area contributed by atoms with Gasteiger partial charge in [-0.05, 0) is 158 Å². The first-order valence-electron chi connectivity index (χ1n) is 32.5. The van der Waals surface area contributed by atoms with Gasteiger partial charge in [-0.25, -0.2) is 60.6 Å². The molecule has 8 aromatic heterocycles. The molecule has 0 saturated carbocycles. The number of imidazole rings is 1. The van der Waals surface area contributed by atoms with Crippen LogP contribution >= 0.6 is 34.0 Å². The Hall–Kier alpha value is -13.6.